The van der Waals surface area contributed by atoms with Crippen molar-refractivity contribution >= 4 is 13.3 Å². The van der Waals surface area contributed by atoms with E-state index in [0.717, 1.165) is 11.3 Å². The molecule has 0 atom stereocenters. The molecule has 0 saturated heterocycles. The number of nitrogens with zero attached hydrogens (tertiary/aromatic N) is 1. The molecular weight excluding hydrogens is 426 g/mol. The molecule has 0 amide bonds. The molecule has 1 aromatic heterocycles. The smallest absolute Gasteiger partial charge is 0.0775 e. The maximum absolute atomic E-state index is 4.44. The minimum absolute atomic E-state index is 1.000. The lowest BCUT2D eigenvalue weighted by Crippen LogP contribution is -2.37. The third-order valence-electron chi connectivity index (χ3n) is 6.37. The van der Waals surface area contributed by atoms with Crippen LogP contribution in [0.3, 0.4) is 0 Å². The topological polar surface area (TPSA) is 12.9 Å². The average molecular weight is 456 g/mol. The normalized spacial score (nSPS) is 11.4. The summed E-state index contributed by atoms with van der Waals surface area (Å²) in [7, 11) is -1.26. The van der Waals surface area contributed by atoms with Gasteiger partial charge in [-0.05, 0) is 45.5 Å². The Hall–Kier alpha value is -3.75. The van der Waals surface area contributed by atoms with Gasteiger partial charge < -0.3 is 0 Å². The van der Waals surface area contributed by atoms with E-state index in [1.54, 1.807) is 0 Å². The second-order valence-corrected chi connectivity index (χ2v) is 14.9. The first-order valence-corrected chi connectivity index (χ1v) is 15.3. The lowest BCUT2D eigenvalue weighted by molar-refractivity contribution is 1.33. The molecule has 0 radical (unpaired) electrons. The number of hydrogen-bond acceptors (Lipinski definition) is 1. The number of benzene rings is 4. The van der Waals surface area contributed by atoms with E-state index in [2.05, 4.69) is 122 Å². The van der Waals surface area contributed by atoms with Gasteiger partial charge in [0.25, 0.3) is 0 Å². The van der Waals surface area contributed by atoms with E-state index < -0.39 is 8.07 Å². The van der Waals surface area contributed by atoms with Gasteiger partial charge in [0.05, 0.1) is 13.8 Å². The van der Waals surface area contributed by atoms with Crippen molar-refractivity contribution in [3.05, 3.63) is 121 Å². The van der Waals surface area contributed by atoms with E-state index in [1.165, 1.54) is 38.6 Å². The molecule has 1 heterocycles. The highest BCUT2D eigenvalue weighted by Gasteiger charge is 2.15. The molecule has 2 heteroatoms. The number of hydrogen-bond donors (Lipinski definition) is 0. The fourth-order valence-electron chi connectivity index (χ4n) is 4.24. The third-order valence-corrected chi connectivity index (χ3v) is 8.43. The Bertz CT molecular complexity index is 1360. The molecule has 0 N–H and O–H groups in total. The summed E-state index contributed by atoms with van der Waals surface area (Å²) in [5, 5.41) is 1.50. The molecule has 0 unspecified atom stereocenters. The predicted octanol–water partition coefficient (Wildman–Crippen LogP) is 8.29. The van der Waals surface area contributed by atoms with Gasteiger partial charge in [-0.2, -0.15) is 0 Å². The third kappa shape index (κ3) is 4.78. The van der Waals surface area contributed by atoms with Crippen LogP contribution in [-0.4, -0.2) is 13.1 Å². The Kier molecular flexibility index (Phi) is 6.00. The van der Waals surface area contributed by atoms with Gasteiger partial charge in [-0.1, -0.05) is 128 Å². The molecule has 4 aromatic carbocycles. The van der Waals surface area contributed by atoms with Crippen LogP contribution in [0, 0.1) is 0 Å². The largest absolute Gasteiger partial charge is 0.256 e. The number of rotatable bonds is 5. The summed E-state index contributed by atoms with van der Waals surface area (Å²) in [4.78, 5) is 4.44. The van der Waals surface area contributed by atoms with Gasteiger partial charge in [-0.3, -0.25) is 4.98 Å². The molecule has 34 heavy (non-hydrogen) atoms. The van der Waals surface area contributed by atoms with Crippen LogP contribution in [0.1, 0.15) is 0 Å². The van der Waals surface area contributed by atoms with Gasteiger partial charge in [-0.15, -0.1) is 0 Å². The SMILES string of the molecule is C[Si](C)(C)c1ccc(-c2ccc(-c3ccc(-c4ccc(-c5ccccn5)cc4)cc3)cc2)cc1. The Morgan fingerprint density at radius 3 is 1.09 bits per heavy atom. The lowest BCUT2D eigenvalue weighted by Gasteiger charge is -2.16. The van der Waals surface area contributed by atoms with Gasteiger partial charge in [-0.25, -0.2) is 0 Å². The highest BCUT2D eigenvalue weighted by Crippen LogP contribution is 2.28. The Morgan fingerprint density at radius 2 is 0.765 bits per heavy atom. The highest BCUT2D eigenvalue weighted by molar-refractivity contribution is 6.88. The monoisotopic (exact) mass is 455 g/mol. The Morgan fingerprint density at radius 1 is 0.412 bits per heavy atom. The first kappa shape index (κ1) is 22.1. The van der Waals surface area contributed by atoms with Crippen LogP contribution in [0.5, 0.6) is 0 Å². The molecule has 1 nitrogen and oxygen atoms in total. The summed E-state index contributed by atoms with van der Waals surface area (Å²) >= 11 is 0. The van der Waals surface area contributed by atoms with Crippen molar-refractivity contribution in [1.82, 2.24) is 4.98 Å². The van der Waals surface area contributed by atoms with Crippen molar-refractivity contribution in [3.8, 4) is 44.6 Å². The van der Waals surface area contributed by atoms with Crippen molar-refractivity contribution in [3.63, 3.8) is 0 Å². The second-order valence-electron chi connectivity index (χ2n) is 9.77. The van der Waals surface area contributed by atoms with E-state index >= 15 is 0 Å². The zero-order valence-corrected chi connectivity index (χ0v) is 21.0. The first-order valence-electron chi connectivity index (χ1n) is 11.8. The van der Waals surface area contributed by atoms with Crippen LogP contribution in [0.4, 0.5) is 0 Å². The summed E-state index contributed by atoms with van der Waals surface area (Å²) in [6.45, 7) is 7.16. The number of aromatic nitrogens is 1. The van der Waals surface area contributed by atoms with Crippen molar-refractivity contribution in [1.29, 1.82) is 0 Å². The molecular formula is C32H29NSi. The van der Waals surface area contributed by atoms with Gasteiger partial charge in [0.2, 0.25) is 0 Å². The van der Waals surface area contributed by atoms with Crippen molar-refractivity contribution in [2.24, 2.45) is 0 Å². The summed E-state index contributed by atoms with van der Waals surface area (Å²) in [6, 6.07) is 41.5. The van der Waals surface area contributed by atoms with Crippen LogP contribution in [0.15, 0.2) is 121 Å². The van der Waals surface area contributed by atoms with Crippen LogP contribution in [0.2, 0.25) is 19.6 Å². The molecule has 0 spiro atoms. The van der Waals surface area contributed by atoms with Gasteiger partial charge >= 0.3 is 0 Å². The summed E-state index contributed by atoms with van der Waals surface area (Å²) in [6.07, 6.45) is 1.83. The van der Waals surface area contributed by atoms with Crippen LogP contribution >= 0.6 is 0 Å². The zero-order chi connectivity index (χ0) is 23.5. The lowest BCUT2D eigenvalue weighted by atomic mass is 9.97. The Labute approximate surface area is 203 Å². The fraction of sp³-hybridized carbons (Fsp3) is 0.0938. The van der Waals surface area contributed by atoms with Crippen LogP contribution < -0.4 is 5.19 Å². The first-order chi connectivity index (χ1) is 16.5. The molecule has 5 rings (SSSR count). The summed E-state index contributed by atoms with van der Waals surface area (Å²) < 4.78 is 0. The molecule has 0 aliphatic carbocycles. The average Bonchev–Trinajstić information content (AvgIpc) is 2.89. The molecule has 0 fully saturated rings. The zero-order valence-electron chi connectivity index (χ0n) is 20.0. The van der Waals surface area contributed by atoms with Gasteiger partial charge in [0.1, 0.15) is 0 Å². The van der Waals surface area contributed by atoms with Gasteiger partial charge in [0.15, 0.2) is 0 Å². The van der Waals surface area contributed by atoms with E-state index in [9.17, 15) is 0 Å². The predicted molar refractivity (Wildman–Crippen MR) is 149 cm³/mol. The van der Waals surface area contributed by atoms with Crippen LogP contribution in [0.25, 0.3) is 44.6 Å². The molecule has 0 aliphatic rings. The fourth-order valence-corrected chi connectivity index (χ4v) is 5.41. The van der Waals surface area contributed by atoms with E-state index in [1.807, 2.05) is 24.4 Å². The standard InChI is InChI=1S/C32H29NSi/c1-34(2,3)31-21-19-29(20-22-31)27-13-11-25(12-14-27)24-7-9-26(10-8-24)28-15-17-30(18-16-28)32-6-4-5-23-33-32/h4-23H,1-3H3. The molecule has 0 aliphatic heterocycles. The minimum atomic E-state index is -1.26. The molecule has 0 saturated carbocycles. The van der Waals surface area contributed by atoms with Crippen molar-refractivity contribution < 1.29 is 0 Å². The van der Waals surface area contributed by atoms with Crippen LogP contribution in [-0.2, 0) is 0 Å². The quantitative estimate of drug-likeness (QED) is 0.243. The van der Waals surface area contributed by atoms with Crippen molar-refractivity contribution in [2.75, 3.05) is 0 Å². The molecule has 0 bridgehead atoms. The second kappa shape index (κ2) is 9.24. The minimum Gasteiger partial charge on any atom is -0.256 e. The Balaban J connectivity index is 1.32. The highest BCUT2D eigenvalue weighted by atomic mass is 28.3. The van der Waals surface area contributed by atoms with E-state index in [0.29, 0.717) is 0 Å². The summed E-state index contributed by atoms with van der Waals surface area (Å²) in [5.41, 5.74) is 9.57. The summed E-state index contributed by atoms with van der Waals surface area (Å²) in [5.74, 6) is 0. The molecule has 5 aromatic rings. The van der Waals surface area contributed by atoms with E-state index in [-0.39, 0.29) is 0 Å². The maximum atomic E-state index is 4.44. The number of pyridine rings is 1. The molecule has 166 valence electrons. The van der Waals surface area contributed by atoms with E-state index in [4.69, 9.17) is 0 Å². The van der Waals surface area contributed by atoms with Gasteiger partial charge in [0, 0.05) is 11.8 Å². The van der Waals surface area contributed by atoms with Crippen molar-refractivity contribution in [2.45, 2.75) is 19.6 Å². The maximum Gasteiger partial charge on any atom is 0.0775 e.